The summed E-state index contributed by atoms with van der Waals surface area (Å²) < 4.78 is 1.99. The van der Waals surface area contributed by atoms with E-state index in [0.717, 1.165) is 42.8 Å². The Bertz CT molecular complexity index is 778. The van der Waals surface area contributed by atoms with Gasteiger partial charge in [-0.1, -0.05) is 12.5 Å². The van der Waals surface area contributed by atoms with Gasteiger partial charge in [-0.25, -0.2) is 15.0 Å². The molecule has 0 bridgehead atoms. The molecule has 2 aromatic rings. The van der Waals surface area contributed by atoms with Gasteiger partial charge >= 0.3 is 0 Å². The van der Waals surface area contributed by atoms with Gasteiger partial charge in [-0.3, -0.25) is 4.57 Å². The Kier molecular flexibility index (Phi) is 6.39. The third-order valence-corrected chi connectivity index (χ3v) is 5.78. The Labute approximate surface area is 178 Å². The molecule has 2 aromatic heterocycles. The summed E-state index contributed by atoms with van der Waals surface area (Å²) >= 11 is 0. The van der Waals surface area contributed by atoms with E-state index in [1.807, 2.05) is 30.0 Å². The van der Waals surface area contributed by atoms with Crippen LogP contribution in [0.5, 0.6) is 0 Å². The third-order valence-electron chi connectivity index (χ3n) is 5.78. The Hall–Kier alpha value is -1.64. The van der Waals surface area contributed by atoms with E-state index in [1.165, 1.54) is 25.7 Å². The number of pyridine rings is 1. The first kappa shape index (κ1) is 20.1. The molecule has 0 amide bonds. The van der Waals surface area contributed by atoms with Crippen LogP contribution in [0.1, 0.15) is 44.0 Å². The third kappa shape index (κ3) is 4.28. The zero-order valence-electron chi connectivity index (χ0n) is 16.2. The molecule has 146 valence electrons. The first-order chi connectivity index (χ1) is 12.7. The van der Waals surface area contributed by atoms with Gasteiger partial charge in [-0.15, -0.1) is 24.0 Å². The average molecular weight is 480 g/mol. The van der Waals surface area contributed by atoms with E-state index in [0.29, 0.717) is 12.0 Å². The number of nitrogens with one attached hydrogen (secondary N) is 1. The first-order valence-corrected chi connectivity index (χ1v) is 9.68. The van der Waals surface area contributed by atoms with E-state index in [9.17, 15) is 0 Å². The van der Waals surface area contributed by atoms with E-state index in [2.05, 4.69) is 33.2 Å². The molecule has 0 aromatic carbocycles. The van der Waals surface area contributed by atoms with E-state index in [-0.39, 0.29) is 24.0 Å². The molecule has 1 spiro atoms. The number of aryl methyl sites for hydroxylation is 1. The summed E-state index contributed by atoms with van der Waals surface area (Å²) in [5.74, 6) is 2.88. The molecule has 2 aliphatic rings. The van der Waals surface area contributed by atoms with Crippen LogP contribution in [0.3, 0.4) is 0 Å². The van der Waals surface area contributed by atoms with Crippen molar-refractivity contribution in [2.75, 3.05) is 19.6 Å². The maximum Gasteiger partial charge on any atom is 0.194 e. The van der Waals surface area contributed by atoms with Crippen molar-refractivity contribution >= 4 is 29.9 Å². The van der Waals surface area contributed by atoms with E-state index < -0.39 is 0 Å². The van der Waals surface area contributed by atoms with Crippen LogP contribution in [0, 0.1) is 12.3 Å². The monoisotopic (exact) mass is 480 g/mol. The molecule has 0 unspecified atom stereocenters. The van der Waals surface area contributed by atoms with Gasteiger partial charge in [0.15, 0.2) is 5.96 Å². The molecule has 1 aliphatic heterocycles. The molecule has 1 saturated carbocycles. The van der Waals surface area contributed by atoms with Gasteiger partial charge in [0.25, 0.3) is 0 Å². The molecule has 3 heterocycles. The zero-order chi connectivity index (χ0) is 18.0. The number of aromatic nitrogens is 3. The number of hydrogen-bond acceptors (Lipinski definition) is 3. The van der Waals surface area contributed by atoms with Crippen molar-refractivity contribution in [2.45, 2.75) is 46.1 Å². The number of likely N-dealkylation sites (tertiary alicyclic amines) is 1. The van der Waals surface area contributed by atoms with E-state index in [4.69, 9.17) is 4.99 Å². The number of halogens is 1. The minimum Gasteiger partial charge on any atom is -0.357 e. The molecule has 6 nitrogen and oxygen atoms in total. The number of nitrogens with zero attached hydrogens (tertiary/aromatic N) is 5. The molecular formula is C20H29IN6. The van der Waals surface area contributed by atoms with Gasteiger partial charge in [-0.05, 0) is 50.2 Å². The fraction of sp³-hybridized carbons (Fsp3) is 0.550. The molecule has 1 aliphatic carbocycles. The van der Waals surface area contributed by atoms with Crippen LogP contribution in [-0.4, -0.2) is 45.0 Å². The van der Waals surface area contributed by atoms with E-state index in [1.54, 1.807) is 6.20 Å². The van der Waals surface area contributed by atoms with Crippen LogP contribution in [-0.2, 0) is 6.54 Å². The quantitative estimate of drug-likeness (QED) is 0.413. The maximum atomic E-state index is 4.87. The highest BCUT2D eigenvalue weighted by molar-refractivity contribution is 14.0. The van der Waals surface area contributed by atoms with Crippen LogP contribution in [0.2, 0.25) is 0 Å². The Morgan fingerprint density at radius 2 is 2.11 bits per heavy atom. The van der Waals surface area contributed by atoms with Crippen molar-refractivity contribution in [2.24, 2.45) is 10.4 Å². The minimum atomic E-state index is 0. The van der Waals surface area contributed by atoms with Crippen molar-refractivity contribution in [1.29, 1.82) is 0 Å². The maximum absolute atomic E-state index is 4.87. The topological polar surface area (TPSA) is 58.3 Å². The molecule has 0 radical (unpaired) electrons. The van der Waals surface area contributed by atoms with Gasteiger partial charge < -0.3 is 10.2 Å². The lowest BCUT2D eigenvalue weighted by molar-refractivity contribution is 0.151. The second-order valence-corrected chi connectivity index (χ2v) is 7.56. The minimum absolute atomic E-state index is 0. The first-order valence-electron chi connectivity index (χ1n) is 9.68. The Balaban J connectivity index is 0.00000210. The smallest absolute Gasteiger partial charge is 0.194 e. The fourth-order valence-electron chi connectivity index (χ4n) is 4.07. The van der Waals surface area contributed by atoms with Gasteiger partial charge in [-0.2, -0.15) is 0 Å². The Morgan fingerprint density at radius 3 is 2.67 bits per heavy atom. The fourth-order valence-corrected chi connectivity index (χ4v) is 4.07. The second kappa shape index (κ2) is 8.58. The molecule has 2 fully saturated rings. The molecule has 7 heteroatoms. The molecule has 1 N–H and O–H groups in total. The summed E-state index contributed by atoms with van der Waals surface area (Å²) in [4.78, 5) is 16.1. The lowest BCUT2D eigenvalue weighted by Crippen LogP contribution is -2.42. The molecule has 27 heavy (non-hydrogen) atoms. The van der Waals surface area contributed by atoms with Crippen LogP contribution >= 0.6 is 24.0 Å². The lowest BCUT2D eigenvalue weighted by Gasteiger charge is -2.38. The molecular weight excluding hydrogens is 451 g/mol. The highest BCUT2D eigenvalue weighted by atomic mass is 127. The van der Waals surface area contributed by atoms with Gasteiger partial charge in [0.1, 0.15) is 11.6 Å². The summed E-state index contributed by atoms with van der Waals surface area (Å²) in [5.41, 5.74) is 1.71. The van der Waals surface area contributed by atoms with Gasteiger partial charge in [0, 0.05) is 38.2 Å². The molecule has 1 saturated heterocycles. The lowest BCUT2D eigenvalue weighted by atomic mass is 9.68. The van der Waals surface area contributed by atoms with E-state index >= 15 is 0 Å². The SMILES string of the molecule is CCNC(=NCc1ccc(-n2ccnc2C)nc1)N1CCC2(CCC2)C1.I. The summed E-state index contributed by atoms with van der Waals surface area (Å²) in [6.45, 7) is 7.96. The van der Waals surface area contributed by atoms with Crippen molar-refractivity contribution in [1.82, 2.24) is 24.8 Å². The number of hydrogen-bond donors (Lipinski definition) is 1. The highest BCUT2D eigenvalue weighted by Crippen LogP contribution is 2.47. The highest BCUT2D eigenvalue weighted by Gasteiger charge is 2.43. The molecule has 4 rings (SSSR count). The largest absolute Gasteiger partial charge is 0.357 e. The van der Waals surface area contributed by atoms with Gasteiger partial charge in [0.2, 0.25) is 0 Å². The average Bonchev–Trinajstić information content (AvgIpc) is 3.26. The van der Waals surface area contributed by atoms with Crippen molar-refractivity contribution in [3.05, 3.63) is 42.1 Å². The second-order valence-electron chi connectivity index (χ2n) is 7.56. The van der Waals surface area contributed by atoms with Crippen LogP contribution < -0.4 is 5.32 Å². The van der Waals surface area contributed by atoms with Crippen molar-refractivity contribution in [3.63, 3.8) is 0 Å². The zero-order valence-corrected chi connectivity index (χ0v) is 18.5. The number of rotatable bonds is 4. The molecule has 0 atom stereocenters. The Morgan fingerprint density at radius 1 is 1.26 bits per heavy atom. The van der Waals surface area contributed by atoms with Crippen LogP contribution in [0.25, 0.3) is 5.82 Å². The van der Waals surface area contributed by atoms with Crippen molar-refractivity contribution in [3.8, 4) is 5.82 Å². The van der Waals surface area contributed by atoms with Crippen molar-refractivity contribution < 1.29 is 0 Å². The summed E-state index contributed by atoms with van der Waals surface area (Å²) in [6, 6.07) is 4.14. The normalized spacial score (nSPS) is 18.3. The summed E-state index contributed by atoms with van der Waals surface area (Å²) in [7, 11) is 0. The van der Waals surface area contributed by atoms with Gasteiger partial charge in [0.05, 0.1) is 6.54 Å². The number of imidazole rings is 1. The predicted octanol–water partition coefficient (Wildman–Crippen LogP) is 3.54. The summed E-state index contributed by atoms with van der Waals surface area (Å²) in [5, 5.41) is 3.47. The number of aliphatic imine (C=N–C) groups is 1. The van der Waals surface area contributed by atoms with Crippen LogP contribution in [0.4, 0.5) is 0 Å². The predicted molar refractivity (Wildman–Crippen MR) is 119 cm³/mol. The standard InChI is InChI=1S/C20H28N6.HI/c1-3-21-19(25-11-9-20(15-25)7-4-8-20)24-14-17-5-6-18(23-13-17)26-12-10-22-16(26)2;/h5-6,10,12-13H,3-4,7-9,11,14-15H2,1-2H3,(H,21,24);1H. The van der Waals surface area contributed by atoms with Crippen LogP contribution in [0.15, 0.2) is 35.7 Å². The number of guanidine groups is 1. The summed E-state index contributed by atoms with van der Waals surface area (Å²) in [6.07, 6.45) is 11.1.